The van der Waals surface area contributed by atoms with Crippen LogP contribution in [0.15, 0.2) is 54.6 Å². The van der Waals surface area contributed by atoms with Gasteiger partial charge in [-0.2, -0.15) is 5.10 Å². The van der Waals surface area contributed by atoms with Gasteiger partial charge in [0.05, 0.1) is 22.9 Å². The standard InChI is InChI=1S/C19H17N3O4/c1-3-26-19(23)17-13(2)18(14-7-5-4-6-8-14)21(20-17)15-9-11-16(12-10-15)22(24)25/h4-12H,3H2,1-2H3. The average molecular weight is 351 g/mol. The molecule has 7 nitrogen and oxygen atoms in total. The SMILES string of the molecule is CCOC(=O)c1nn(-c2ccc([N+](=O)[O-])cc2)c(-c2ccccc2)c1C. The molecule has 3 aromatic rings. The van der Waals surface area contributed by atoms with Gasteiger partial charge in [0.25, 0.3) is 5.69 Å². The van der Waals surface area contributed by atoms with E-state index in [9.17, 15) is 14.9 Å². The number of hydrogen-bond donors (Lipinski definition) is 0. The third kappa shape index (κ3) is 3.19. The highest BCUT2D eigenvalue weighted by Gasteiger charge is 2.23. The summed E-state index contributed by atoms with van der Waals surface area (Å²) in [4.78, 5) is 22.7. The second kappa shape index (κ2) is 7.18. The van der Waals surface area contributed by atoms with Gasteiger partial charge in [-0.05, 0) is 26.0 Å². The number of non-ortho nitro benzene ring substituents is 1. The molecule has 3 rings (SSSR count). The summed E-state index contributed by atoms with van der Waals surface area (Å²) in [5.74, 6) is -0.497. The smallest absolute Gasteiger partial charge is 0.359 e. The maximum atomic E-state index is 12.2. The van der Waals surface area contributed by atoms with E-state index in [-0.39, 0.29) is 18.0 Å². The Morgan fingerprint density at radius 1 is 1.15 bits per heavy atom. The van der Waals surface area contributed by atoms with Crippen LogP contribution in [0.1, 0.15) is 23.0 Å². The molecule has 1 aromatic heterocycles. The van der Waals surface area contributed by atoms with Crippen molar-refractivity contribution in [3.63, 3.8) is 0 Å². The molecule has 1 heterocycles. The fourth-order valence-electron chi connectivity index (χ4n) is 2.73. The van der Waals surface area contributed by atoms with E-state index in [1.807, 2.05) is 37.3 Å². The minimum Gasteiger partial charge on any atom is -0.461 e. The average Bonchev–Trinajstić information content (AvgIpc) is 3.00. The Bertz CT molecular complexity index is 947. The van der Waals surface area contributed by atoms with Gasteiger partial charge in [-0.1, -0.05) is 30.3 Å². The fourth-order valence-corrected chi connectivity index (χ4v) is 2.73. The Kier molecular flexibility index (Phi) is 4.79. The summed E-state index contributed by atoms with van der Waals surface area (Å²) in [5, 5.41) is 15.3. The van der Waals surface area contributed by atoms with E-state index in [0.717, 1.165) is 11.3 Å². The van der Waals surface area contributed by atoms with Crippen molar-refractivity contribution >= 4 is 11.7 Å². The molecule has 0 N–H and O–H groups in total. The molecule has 0 saturated heterocycles. The zero-order chi connectivity index (χ0) is 18.7. The van der Waals surface area contributed by atoms with Crippen molar-refractivity contribution in [2.45, 2.75) is 13.8 Å². The van der Waals surface area contributed by atoms with Crippen molar-refractivity contribution in [2.24, 2.45) is 0 Å². The number of rotatable bonds is 5. The topological polar surface area (TPSA) is 87.3 Å². The van der Waals surface area contributed by atoms with Crippen LogP contribution in [-0.4, -0.2) is 27.3 Å². The van der Waals surface area contributed by atoms with Crippen molar-refractivity contribution in [1.29, 1.82) is 0 Å². The van der Waals surface area contributed by atoms with E-state index >= 15 is 0 Å². The number of nitro benzene ring substituents is 1. The van der Waals surface area contributed by atoms with Gasteiger partial charge in [0.15, 0.2) is 5.69 Å². The first kappa shape index (κ1) is 17.3. The van der Waals surface area contributed by atoms with E-state index in [4.69, 9.17) is 4.74 Å². The Morgan fingerprint density at radius 3 is 2.38 bits per heavy atom. The first-order chi connectivity index (χ1) is 12.5. The molecule has 0 atom stereocenters. The minimum atomic E-state index is -0.497. The molecular weight excluding hydrogens is 334 g/mol. The van der Waals surface area contributed by atoms with Gasteiger partial charge in [0.2, 0.25) is 0 Å². The van der Waals surface area contributed by atoms with E-state index in [2.05, 4.69) is 5.10 Å². The molecule has 0 aliphatic rings. The van der Waals surface area contributed by atoms with Crippen molar-refractivity contribution < 1.29 is 14.5 Å². The molecule has 26 heavy (non-hydrogen) atoms. The lowest BCUT2D eigenvalue weighted by atomic mass is 10.1. The third-order valence-corrected chi connectivity index (χ3v) is 3.94. The number of aromatic nitrogens is 2. The molecule has 2 aromatic carbocycles. The molecule has 0 unspecified atom stereocenters. The largest absolute Gasteiger partial charge is 0.461 e. The van der Waals surface area contributed by atoms with Crippen molar-refractivity contribution in [1.82, 2.24) is 9.78 Å². The molecule has 7 heteroatoms. The number of hydrogen-bond acceptors (Lipinski definition) is 5. The Labute approximate surface area is 150 Å². The molecule has 0 aliphatic heterocycles. The highest BCUT2D eigenvalue weighted by molar-refractivity contribution is 5.91. The van der Waals surface area contributed by atoms with Crippen molar-refractivity contribution in [3.8, 4) is 16.9 Å². The number of nitro groups is 1. The Hall–Kier alpha value is -3.48. The summed E-state index contributed by atoms with van der Waals surface area (Å²) in [6, 6.07) is 15.5. The maximum absolute atomic E-state index is 12.2. The second-order valence-electron chi connectivity index (χ2n) is 5.59. The number of carbonyl (C=O) groups excluding carboxylic acids is 1. The summed E-state index contributed by atoms with van der Waals surface area (Å²) < 4.78 is 6.71. The van der Waals surface area contributed by atoms with Crippen LogP contribution in [0.5, 0.6) is 0 Å². The lowest BCUT2D eigenvalue weighted by Gasteiger charge is -2.08. The Morgan fingerprint density at radius 2 is 1.81 bits per heavy atom. The fraction of sp³-hybridized carbons (Fsp3) is 0.158. The van der Waals surface area contributed by atoms with Crippen LogP contribution in [0, 0.1) is 17.0 Å². The molecule has 0 saturated carbocycles. The van der Waals surface area contributed by atoms with Crippen LogP contribution in [0.4, 0.5) is 5.69 Å². The molecule has 0 fully saturated rings. The molecule has 132 valence electrons. The first-order valence-electron chi connectivity index (χ1n) is 8.10. The number of nitrogens with zero attached hydrogens (tertiary/aromatic N) is 3. The number of ether oxygens (including phenoxy) is 1. The predicted octanol–water partition coefficient (Wildman–Crippen LogP) is 3.93. The molecule has 0 spiro atoms. The predicted molar refractivity (Wildman–Crippen MR) is 96.3 cm³/mol. The summed E-state index contributed by atoms with van der Waals surface area (Å²) in [5.41, 5.74) is 3.14. The van der Waals surface area contributed by atoms with Crippen LogP contribution in [0.2, 0.25) is 0 Å². The molecule has 0 radical (unpaired) electrons. The lowest BCUT2D eigenvalue weighted by Crippen LogP contribution is -2.07. The van der Waals surface area contributed by atoms with Crippen molar-refractivity contribution in [3.05, 3.63) is 76.0 Å². The van der Waals surface area contributed by atoms with Gasteiger partial charge in [-0.15, -0.1) is 0 Å². The third-order valence-electron chi connectivity index (χ3n) is 3.94. The number of carbonyl (C=O) groups is 1. The van der Waals surface area contributed by atoms with Gasteiger partial charge < -0.3 is 4.74 Å². The summed E-state index contributed by atoms with van der Waals surface area (Å²) in [6.07, 6.45) is 0. The van der Waals surface area contributed by atoms with Gasteiger partial charge in [0.1, 0.15) is 0 Å². The quantitative estimate of drug-likeness (QED) is 0.395. The summed E-state index contributed by atoms with van der Waals surface area (Å²) in [6.45, 7) is 3.80. The number of esters is 1. The van der Waals surface area contributed by atoms with Gasteiger partial charge in [0, 0.05) is 23.3 Å². The maximum Gasteiger partial charge on any atom is 0.359 e. The van der Waals surface area contributed by atoms with E-state index in [0.29, 0.717) is 11.3 Å². The summed E-state index contributed by atoms with van der Waals surface area (Å²) >= 11 is 0. The van der Waals surface area contributed by atoms with Crippen LogP contribution < -0.4 is 0 Å². The number of benzene rings is 2. The zero-order valence-electron chi connectivity index (χ0n) is 14.4. The van der Waals surface area contributed by atoms with E-state index < -0.39 is 10.9 Å². The van der Waals surface area contributed by atoms with Gasteiger partial charge in [-0.25, -0.2) is 9.48 Å². The van der Waals surface area contributed by atoms with Crippen LogP contribution >= 0.6 is 0 Å². The van der Waals surface area contributed by atoms with Crippen LogP contribution in [-0.2, 0) is 4.74 Å². The van der Waals surface area contributed by atoms with Crippen LogP contribution in [0.3, 0.4) is 0 Å². The monoisotopic (exact) mass is 351 g/mol. The molecule has 0 aliphatic carbocycles. The normalized spacial score (nSPS) is 10.5. The zero-order valence-corrected chi connectivity index (χ0v) is 14.4. The van der Waals surface area contributed by atoms with E-state index in [1.54, 1.807) is 23.7 Å². The Balaban J connectivity index is 2.18. The summed E-state index contributed by atoms with van der Waals surface area (Å²) in [7, 11) is 0. The van der Waals surface area contributed by atoms with Crippen LogP contribution in [0.25, 0.3) is 16.9 Å². The minimum absolute atomic E-state index is 0.00972. The highest BCUT2D eigenvalue weighted by atomic mass is 16.6. The van der Waals surface area contributed by atoms with Gasteiger partial charge >= 0.3 is 5.97 Å². The van der Waals surface area contributed by atoms with E-state index in [1.165, 1.54) is 12.1 Å². The van der Waals surface area contributed by atoms with Gasteiger partial charge in [-0.3, -0.25) is 10.1 Å². The second-order valence-corrected chi connectivity index (χ2v) is 5.59. The van der Waals surface area contributed by atoms with Crippen molar-refractivity contribution in [2.75, 3.05) is 6.61 Å². The first-order valence-corrected chi connectivity index (χ1v) is 8.10. The molecule has 0 bridgehead atoms. The highest BCUT2D eigenvalue weighted by Crippen LogP contribution is 2.29. The molecular formula is C19H17N3O4. The lowest BCUT2D eigenvalue weighted by molar-refractivity contribution is -0.384. The molecule has 0 amide bonds.